The van der Waals surface area contributed by atoms with Crippen LogP contribution in [0.15, 0.2) is 24.0 Å². The molecule has 1 aliphatic carbocycles. The Morgan fingerprint density at radius 1 is 1.18 bits per heavy atom. The molecule has 0 N–H and O–H groups in total. The summed E-state index contributed by atoms with van der Waals surface area (Å²) in [5.74, 6) is 2.00. The molecule has 2 fully saturated rings. The summed E-state index contributed by atoms with van der Waals surface area (Å²) in [6, 6.07) is 4.22. The molecule has 7 heteroatoms. The quantitative estimate of drug-likeness (QED) is 0.619. The largest absolute Gasteiger partial charge is 0.497 e. The van der Waals surface area contributed by atoms with Gasteiger partial charge in [-0.1, -0.05) is 6.92 Å². The number of hydrogen-bond acceptors (Lipinski definition) is 7. The minimum Gasteiger partial charge on any atom is -0.497 e. The van der Waals surface area contributed by atoms with Crippen LogP contribution in [0, 0.1) is 5.92 Å². The lowest BCUT2D eigenvalue weighted by atomic mass is 9.69. The third-order valence-electron chi connectivity index (χ3n) is 8.99. The zero-order valence-corrected chi connectivity index (χ0v) is 20.8. The van der Waals surface area contributed by atoms with E-state index in [1.807, 2.05) is 20.8 Å². The van der Waals surface area contributed by atoms with Crippen LogP contribution >= 0.6 is 0 Å². The molecular weight excluding hydrogens is 434 g/mol. The molecule has 34 heavy (non-hydrogen) atoms. The van der Waals surface area contributed by atoms with E-state index in [-0.39, 0.29) is 35.7 Å². The van der Waals surface area contributed by atoms with Gasteiger partial charge in [-0.05, 0) is 82.3 Å². The Balaban J connectivity index is 1.41. The highest BCUT2D eigenvalue weighted by molar-refractivity contribution is 5.81. The molecule has 5 atom stereocenters. The number of hydrogen-bond donors (Lipinski definition) is 0. The van der Waals surface area contributed by atoms with E-state index >= 15 is 0 Å². The lowest BCUT2D eigenvalue weighted by Crippen LogP contribution is -2.68. The third-order valence-corrected chi connectivity index (χ3v) is 8.99. The van der Waals surface area contributed by atoms with Crippen LogP contribution in [0.4, 0.5) is 0 Å². The van der Waals surface area contributed by atoms with Gasteiger partial charge >= 0.3 is 5.97 Å². The van der Waals surface area contributed by atoms with Crippen LogP contribution in [0.1, 0.15) is 64.0 Å². The Morgan fingerprint density at radius 2 is 1.94 bits per heavy atom. The Hall–Kier alpha value is -2.25. The highest BCUT2D eigenvalue weighted by atomic mass is 16.7. The average Bonchev–Trinajstić information content (AvgIpc) is 3.47. The first kappa shape index (κ1) is 22.2. The molecule has 5 aliphatic rings. The standard InChI is InChI=1S/C27H35NO6/c1-6-21-25(2,3)34-26(21,4)24(29)33-23-20(30-5)14-27-9-7-10-28(27)11-8-16-12-18-19(32-15-31-18)13-17(16)22(23)27/h12-14,21-23H,6-11,15H2,1-5H3/t21?,22-,23?,26?,27+/m1/s1. The number of fused-ring (bicyclic) bond motifs is 3. The highest BCUT2D eigenvalue weighted by Gasteiger charge is 2.64. The van der Waals surface area contributed by atoms with Crippen molar-refractivity contribution in [2.75, 3.05) is 27.0 Å². The number of carbonyl (C=O) groups excluding carboxylic acids is 1. The van der Waals surface area contributed by atoms with E-state index in [1.54, 1.807) is 7.11 Å². The van der Waals surface area contributed by atoms with E-state index in [2.05, 4.69) is 30.0 Å². The molecule has 0 aromatic heterocycles. The zero-order chi connectivity index (χ0) is 23.9. The first-order valence-electron chi connectivity index (χ1n) is 12.6. The van der Waals surface area contributed by atoms with E-state index in [0.29, 0.717) is 0 Å². The smallest absolute Gasteiger partial charge is 0.339 e. The van der Waals surface area contributed by atoms with E-state index in [4.69, 9.17) is 23.7 Å². The molecule has 0 saturated carbocycles. The normalized spacial score (nSPS) is 37.1. The maximum absolute atomic E-state index is 13.7. The van der Waals surface area contributed by atoms with Gasteiger partial charge in [-0.25, -0.2) is 4.79 Å². The number of methoxy groups -OCH3 is 1. The number of ether oxygens (including phenoxy) is 5. The second-order valence-electron chi connectivity index (χ2n) is 11.1. The Morgan fingerprint density at radius 3 is 2.65 bits per heavy atom. The minimum atomic E-state index is -0.954. The number of nitrogens with zero attached hydrogens (tertiary/aromatic N) is 1. The average molecular weight is 470 g/mol. The molecule has 2 saturated heterocycles. The number of benzene rings is 1. The molecule has 0 bridgehead atoms. The van der Waals surface area contributed by atoms with Gasteiger partial charge in [-0.15, -0.1) is 0 Å². The van der Waals surface area contributed by atoms with Crippen LogP contribution < -0.4 is 9.47 Å². The fourth-order valence-electron chi connectivity index (χ4n) is 7.69. The molecule has 0 radical (unpaired) electrons. The van der Waals surface area contributed by atoms with Crippen molar-refractivity contribution in [3.8, 4) is 11.5 Å². The van der Waals surface area contributed by atoms with Crippen molar-refractivity contribution in [1.29, 1.82) is 0 Å². The predicted octanol–water partition coefficient (Wildman–Crippen LogP) is 3.94. The maximum atomic E-state index is 13.7. The van der Waals surface area contributed by atoms with Crippen LogP contribution in [0.2, 0.25) is 0 Å². The maximum Gasteiger partial charge on any atom is 0.339 e. The van der Waals surface area contributed by atoms with Crippen molar-refractivity contribution in [3.63, 3.8) is 0 Å². The van der Waals surface area contributed by atoms with Gasteiger partial charge < -0.3 is 23.7 Å². The molecule has 3 unspecified atom stereocenters. The predicted molar refractivity (Wildman–Crippen MR) is 125 cm³/mol. The van der Waals surface area contributed by atoms with E-state index in [9.17, 15) is 4.79 Å². The van der Waals surface area contributed by atoms with Crippen LogP contribution in [-0.4, -0.2) is 60.7 Å². The Bertz CT molecular complexity index is 1070. The van der Waals surface area contributed by atoms with Gasteiger partial charge in [0.25, 0.3) is 0 Å². The van der Waals surface area contributed by atoms with Crippen molar-refractivity contribution in [1.82, 2.24) is 4.90 Å². The Labute approximate surface area is 201 Å². The molecule has 6 rings (SSSR count). The van der Waals surface area contributed by atoms with Crippen molar-refractivity contribution in [2.45, 2.75) is 82.1 Å². The first-order valence-corrected chi connectivity index (χ1v) is 12.6. The van der Waals surface area contributed by atoms with Gasteiger partial charge in [0, 0.05) is 12.5 Å². The molecule has 1 spiro atoms. The highest BCUT2D eigenvalue weighted by Crippen LogP contribution is 2.56. The first-order chi connectivity index (χ1) is 16.2. The van der Waals surface area contributed by atoms with Crippen molar-refractivity contribution in [3.05, 3.63) is 35.1 Å². The summed E-state index contributed by atoms with van der Waals surface area (Å²) in [4.78, 5) is 16.2. The SMILES string of the molecule is CCC1C(C)(C)OC1(C)C(=O)OC1C(OC)=C[C@]23CCCN2CCc2cc4c(cc2[C@H]13)OCO4. The van der Waals surface area contributed by atoms with Gasteiger partial charge in [-0.3, -0.25) is 4.90 Å². The monoisotopic (exact) mass is 469 g/mol. The van der Waals surface area contributed by atoms with Gasteiger partial charge in [-0.2, -0.15) is 0 Å². The summed E-state index contributed by atoms with van der Waals surface area (Å²) in [7, 11) is 1.67. The van der Waals surface area contributed by atoms with Crippen LogP contribution in [0.25, 0.3) is 0 Å². The minimum absolute atomic E-state index is 0.0716. The number of esters is 1. The molecule has 7 nitrogen and oxygen atoms in total. The van der Waals surface area contributed by atoms with E-state index in [0.717, 1.165) is 56.0 Å². The third kappa shape index (κ3) is 2.86. The fourth-order valence-corrected chi connectivity index (χ4v) is 7.69. The van der Waals surface area contributed by atoms with Crippen molar-refractivity contribution >= 4 is 5.97 Å². The molecule has 4 heterocycles. The van der Waals surface area contributed by atoms with E-state index < -0.39 is 11.7 Å². The Kier molecular flexibility index (Phi) is 4.82. The summed E-state index contributed by atoms with van der Waals surface area (Å²) in [5.41, 5.74) is 0.870. The second kappa shape index (κ2) is 7.37. The fraction of sp³-hybridized carbons (Fsp3) is 0.667. The van der Waals surface area contributed by atoms with Gasteiger partial charge in [0.15, 0.2) is 23.2 Å². The molecule has 0 amide bonds. The zero-order valence-electron chi connectivity index (χ0n) is 20.8. The topological polar surface area (TPSA) is 66.5 Å². The summed E-state index contributed by atoms with van der Waals surface area (Å²) in [6.45, 7) is 10.3. The van der Waals surface area contributed by atoms with Crippen LogP contribution in [-0.2, 0) is 25.4 Å². The summed E-state index contributed by atoms with van der Waals surface area (Å²) >= 11 is 0. The number of carbonyl (C=O) groups is 1. The lowest BCUT2D eigenvalue weighted by molar-refractivity contribution is -0.300. The summed E-state index contributed by atoms with van der Waals surface area (Å²) in [6.07, 6.45) is 5.60. The van der Waals surface area contributed by atoms with Crippen LogP contribution in [0.3, 0.4) is 0 Å². The molecule has 1 aromatic carbocycles. The number of rotatable bonds is 4. The van der Waals surface area contributed by atoms with Crippen molar-refractivity contribution < 1.29 is 28.5 Å². The second-order valence-corrected chi connectivity index (χ2v) is 11.1. The lowest BCUT2D eigenvalue weighted by Gasteiger charge is -2.57. The molecule has 184 valence electrons. The molecule has 4 aliphatic heterocycles. The van der Waals surface area contributed by atoms with Gasteiger partial charge in [0.05, 0.1) is 24.2 Å². The summed E-state index contributed by atoms with van der Waals surface area (Å²) in [5, 5.41) is 0. The van der Waals surface area contributed by atoms with Gasteiger partial charge in [0.1, 0.15) is 5.76 Å². The molecular formula is C27H35NO6. The van der Waals surface area contributed by atoms with Crippen molar-refractivity contribution in [2.24, 2.45) is 5.92 Å². The van der Waals surface area contributed by atoms with Crippen LogP contribution in [0.5, 0.6) is 11.5 Å². The summed E-state index contributed by atoms with van der Waals surface area (Å²) < 4.78 is 29.9. The van der Waals surface area contributed by atoms with Gasteiger partial charge in [0.2, 0.25) is 6.79 Å². The molecule has 1 aromatic rings. The van der Waals surface area contributed by atoms with E-state index in [1.165, 1.54) is 11.1 Å².